The van der Waals surface area contributed by atoms with Crippen molar-refractivity contribution in [3.63, 3.8) is 0 Å². The molecule has 2 nitrogen and oxygen atoms in total. The molecule has 4 heteroatoms. The summed E-state index contributed by atoms with van der Waals surface area (Å²) in [6, 6.07) is 2.02. The molecular formula is C9H7NOS2. The number of isothiocyanates is 1. The third kappa shape index (κ3) is 1.48. The van der Waals surface area contributed by atoms with E-state index in [4.69, 9.17) is 0 Å². The summed E-state index contributed by atoms with van der Waals surface area (Å²) >= 11 is 6.06. The monoisotopic (exact) mass is 209 g/mol. The Morgan fingerprint density at radius 1 is 1.69 bits per heavy atom. The SMILES string of the molecule is O=C1CCC(N=C=S)c2ccsc21. The van der Waals surface area contributed by atoms with Crippen LogP contribution in [0.4, 0.5) is 0 Å². The maximum Gasteiger partial charge on any atom is 0.173 e. The van der Waals surface area contributed by atoms with Crippen molar-refractivity contribution in [1.29, 1.82) is 0 Å². The number of hydrogen-bond donors (Lipinski definition) is 0. The van der Waals surface area contributed by atoms with Crippen LogP contribution in [0.1, 0.15) is 34.1 Å². The van der Waals surface area contributed by atoms with E-state index in [1.807, 2.05) is 11.4 Å². The minimum Gasteiger partial charge on any atom is -0.293 e. The van der Waals surface area contributed by atoms with Crippen molar-refractivity contribution >= 4 is 34.5 Å². The molecule has 1 aliphatic carbocycles. The molecule has 66 valence electrons. The average Bonchev–Trinajstić information content (AvgIpc) is 2.59. The average molecular weight is 209 g/mol. The van der Waals surface area contributed by atoms with Crippen LogP contribution in [0.25, 0.3) is 0 Å². The molecule has 0 N–H and O–H groups in total. The number of thiocarbonyl (C=S) groups is 1. The highest BCUT2D eigenvalue weighted by Gasteiger charge is 2.25. The van der Waals surface area contributed by atoms with Crippen molar-refractivity contribution in [2.45, 2.75) is 18.9 Å². The van der Waals surface area contributed by atoms with Crippen molar-refractivity contribution in [2.75, 3.05) is 0 Å². The first-order chi connectivity index (χ1) is 6.33. The molecule has 0 spiro atoms. The van der Waals surface area contributed by atoms with Gasteiger partial charge in [-0.3, -0.25) is 4.79 Å². The fraction of sp³-hybridized carbons (Fsp3) is 0.333. The molecule has 1 aliphatic rings. The molecule has 0 aromatic carbocycles. The van der Waals surface area contributed by atoms with E-state index in [1.165, 1.54) is 11.3 Å². The number of nitrogens with zero attached hydrogens (tertiary/aromatic N) is 1. The van der Waals surface area contributed by atoms with Crippen LogP contribution in [-0.4, -0.2) is 10.9 Å². The highest BCUT2D eigenvalue weighted by molar-refractivity contribution is 7.78. The molecular weight excluding hydrogens is 202 g/mol. The zero-order chi connectivity index (χ0) is 9.26. The fourth-order valence-electron chi connectivity index (χ4n) is 1.54. The minimum atomic E-state index is 0.0662. The third-order valence-corrected chi connectivity index (χ3v) is 3.24. The van der Waals surface area contributed by atoms with Crippen molar-refractivity contribution in [3.8, 4) is 0 Å². The molecule has 0 saturated heterocycles. The maximum atomic E-state index is 11.4. The van der Waals surface area contributed by atoms with E-state index in [-0.39, 0.29) is 11.8 Å². The number of thiophene rings is 1. The van der Waals surface area contributed by atoms with Crippen molar-refractivity contribution in [1.82, 2.24) is 0 Å². The van der Waals surface area contributed by atoms with E-state index in [1.54, 1.807) is 0 Å². The van der Waals surface area contributed by atoms with E-state index in [2.05, 4.69) is 22.4 Å². The Bertz CT molecular complexity index is 390. The predicted molar refractivity (Wildman–Crippen MR) is 55.7 cm³/mol. The zero-order valence-electron chi connectivity index (χ0n) is 6.82. The van der Waals surface area contributed by atoms with E-state index >= 15 is 0 Å². The molecule has 1 aromatic rings. The number of Topliss-reactive ketones (excluding diaryl/α,β-unsaturated/α-hetero) is 1. The van der Waals surface area contributed by atoms with Gasteiger partial charge in [0.15, 0.2) is 5.78 Å². The maximum absolute atomic E-state index is 11.4. The number of aliphatic imine (C=N–C) groups is 1. The van der Waals surface area contributed by atoms with Crippen LogP contribution in [0, 0.1) is 0 Å². The van der Waals surface area contributed by atoms with E-state index in [0.29, 0.717) is 6.42 Å². The topological polar surface area (TPSA) is 29.4 Å². The van der Waals surface area contributed by atoms with Crippen LogP contribution in [0.5, 0.6) is 0 Å². The van der Waals surface area contributed by atoms with Gasteiger partial charge in [0.1, 0.15) is 0 Å². The first kappa shape index (κ1) is 8.75. The molecule has 1 aromatic heterocycles. The molecule has 0 fully saturated rings. The number of hydrogen-bond acceptors (Lipinski definition) is 4. The van der Waals surface area contributed by atoms with Crippen LogP contribution in [0.3, 0.4) is 0 Å². The summed E-state index contributed by atoms with van der Waals surface area (Å²) in [7, 11) is 0. The molecule has 13 heavy (non-hydrogen) atoms. The smallest absolute Gasteiger partial charge is 0.173 e. The predicted octanol–water partition coefficient (Wildman–Crippen LogP) is 2.87. The molecule has 0 bridgehead atoms. The number of carbonyl (C=O) groups is 1. The summed E-state index contributed by atoms with van der Waals surface area (Å²) in [6.07, 6.45) is 1.35. The van der Waals surface area contributed by atoms with Gasteiger partial charge in [0.05, 0.1) is 16.1 Å². The number of fused-ring (bicyclic) bond motifs is 1. The van der Waals surface area contributed by atoms with Crippen LogP contribution < -0.4 is 0 Å². The van der Waals surface area contributed by atoms with Crippen LogP contribution in [0.15, 0.2) is 16.4 Å². The highest BCUT2D eigenvalue weighted by atomic mass is 32.1. The minimum absolute atomic E-state index is 0.0662. The molecule has 0 aliphatic heterocycles. The van der Waals surface area contributed by atoms with Crippen molar-refractivity contribution < 1.29 is 4.79 Å². The summed E-state index contributed by atoms with van der Waals surface area (Å²) in [5.74, 6) is 0.237. The van der Waals surface area contributed by atoms with Crippen molar-refractivity contribution in [3.05, 3.63) is 21.9 Å². The lowest BCUT2D eigenvalue weighted by atomic mass is 9.94. The second-order valence-corrected chi connectivity index (χ2v) is 4.00. The third-order valence-electron chi connectivity index (χ3n) is 2.16. The summed E-state index contributed by atoms with van der Waals surface area (Å²) in [6.45, 7) is 0. The van der Waals surface area contributed by atoms with Gasteiger partial charge in [-0.25, -0.2) is 4.99 Å². The second kappa shape index (κ2) is 3.50. The van der Waals surface area contributed by atoms with Crippen LogP contribution in [0.2, 0.25) is 0 Å². The molecule has 0 saturated carbocycles. The summed E-state index contributed by atoms with van der Waals surface area (Å²) in [4.78, 5) is 16.3. The van der Waals surface area contributed by atoms with Gasteiger partial charge in [-0.15, -0.1) is 11.3 Å². The Labute approximate surface area is 85.3 Å². The van der Waals surface area contributed by atoms with Gasteiger partial charge in [0.2, 0.25) is 0 Å². The second-order valence-electron chi connectivity index (χ2n) is 2.90. The molecule has 2 rings (SSSR count). The summed E-state index contributed by atoms with van der Waals surface area (Å²) in [5, 5.41) is 4.31. The Balaban J connectivity index is 2.46. The molecule has 1 heterocycles. The molecule has 1 unspecified atom stereocenters. The van der Waals surface area contributed by atoms with E-state index in [9.17, 15) is 4.79 Å². The van der Waals surface area contributed by atoms with Gasteiger partial charge in [0.25, 0.3) is 0 Å². The van der Waals surface area contributed by atoms with Crippen LogP contribution >= 0.6 is 23.6 Å². The van der Waals surface area contributed by atoms with E-state index in [0.717, 1.165) is 16.9 Å². The van der Waals surface area contributed by atoms with Gasteiger partial charge in [-0.1, -0.05) is 0 Å². The largest absolute Gasteiger partial charge is 0.293 e. The van der Waals surface area contributed by atoms with E-state index < -0.39 is 0 Å². The lowest BCUT2D eigenvalue weighted by Crippen LogP contribution is -2.11. The molecule has 0 radical (unpaired) electrons. The lowest BCUT2D eigenvalue weighted by molar-refractivity contribution is 0.0972. The standard InChI is InChI=1S/C9H7NOS2/c11-8-2-1-7(10-5-12)6-3-4-13-9(6)8/h3-4,7H,1-2H2. The lowest BCUT2D eigenvalue weighted by Gasteiger charge is -2.16. The first-order valence-corrected chi connectivity index (χ1v) is 5.29. The van der Waals surface area contributed by atoms with Gasteiger partial charge < -0.3 is 0 Å². The van der Waals surface area contributed by atoms with Gasteiger partial charge >= 0.3 is 0 Å². The highest BCUT2D eigenvalue weighted by Crippen LogP contribution is 2.35. The number of ketones is 1. The molecule has 0 amide bonds. The number of carbonyl (C=O) groups excluding carboxylic acids is 1. The quantitative estimate of drug-likeness (QED) is 0.525. The fourth-order valence-corrected chi connectivity index (χ4v) is 2.59. The Morgan fingerprint density at radius 2 is 2.54 bits per heavy atom. The number of rotatable bonds is 1. The first-order valence-electron chi connectivity index (χ1n) is 4.00. The summed E-state index contributed by atoms with van der Waals surface area (Å²) in [5.41, 5.74) is 1.03. The van der Waals surface area contributed by atoms with Crippen molar-refractivity contribution in [2.24, 2.45) is 4.99 Å². The van der Waals surface area contributed by atoms with Gasteiger partial charge in [0, 0.05) is 6.42 Å². The van der Waals surface area contributed by atoms with Gasteiger partial charge in [-0.2, -0.15) is 0 Å². The van der Waals surface area contributed by atoms with Gasteiger partial charge in [-0.05, 0) is 35.6 Å². The Kier molecular flexibility index (Phi) is 2.36. The normalized spacial score (nSPS) is 20.6. The van der Waals surface area contributed by atoms with Crippen LogP contribution in [-0.2, 0) is 0 Å². The summed E-state index contributed by atoms with van der Waals surface area (Å²) < 4.78 is 0. The zero-order valence-corrected chi connectivity index (χ0v) is 8.45. The Morgan fingerprint density at radius 3 is 3.31 bits per heavy atom. The Hall–Kier alpha value is -0.830. The molecule has 1 atom stereocenters.